The molecule has 3 N–H and O–H groups in total. The van der Waals surface area contributed by atoms with Crippen LogP contribution in [0.25, 0.3) is 0 Å². The van der Waals surface area contributed by atoms with E-state index in [2.05, 4.69) is 10.1 Å². The third-order valence-electron chi connectivity index (χ3n) is 3.56. The largest absolute Gasteiger partial charge is 0.573 e. The van der Waals surface area contributed by atoms with Crippen LogP contribution in [0.1, 0.15) is 24.8 Å². The van der Waals surface area contributed by atoms with E-state index < -0.39 is 6.36 Å². The first kappa shape index (κ1) is 19.6. The first-order valence-corrected chi connectivity index (χ1v) is 7.20. The lowest BCUT2D eigenvalue weighted by molar-refractivity contribution is -0.274. The molecule has 0 heterocycles. The van der Waals surface area contributed by atoms with Gasteiger partial charge in [0.05, 0.1) is 0 Å². The van der Waals surface area contributed by atoms with Gasteiger partial charge < -0.3 is 15.8 Å². The highest BCUT2D eigenvalue weighted by Gasteiger charge is 2.31. The van der Waals surface area contributed by atoms with Gasteiger partial charge in [-0.1, -0.05) is 12.1 Å². The van der Waals surface area contributed by atoms with E-state index in [0.29, 0.717) is 18.9 Å². The molecule has 23 heavy (non-hydrogen) atoms. The third-order valence-corrected chi connectivity index (χ3v) is 3.56. The summed E-state index contributed by atoms with van der Waals surface area (Å²) < 4.78 is 39.8. The van der Waals surface area contributed by atoms with Crippen molar-refractivity contribution < 1.29 is 22.7 Å². The second-order valence-corrected chi connectivity index (χ2v) is 5.50. The molecule has 1 aromatic rings. The summed E-state index contributed by atoms with van der Waals surface area (Å²) in [5, 5.41) is 2.78. The molecule has 130 valence electrons. The molecule has 1 aliphatic rings. The van der Waals surface area contributed by atoms with Crippen LogP contribution < -0.4 is 15.8 Å². The van der Waals surface area contributed by atoms with Gasteiger partial charge in [-0.2, -0.15) is 0 Å². The number of benzene rings is 1. The van der Waals surface area contributed by atoms with Gasteiger partial charge in [0.15, 0.2) is 0 Å². The molecule has 4 nitrogen and oxygen atoms in total. The van der Waals surface area contributed by atoms with Crippen LogP contribution in [0.3, 0.4) is 0 Å². The van der Waals surface area contributed by atoms with Crippen LogP contribution >= 0.6 is 12.4 Å². The molecule has 0 radical (unpaired) electrons. The fourth-order valence-corrected chi connectivity index (χ4v) is 2.13. The number of hydrogen-bond donors (Lipinski definition) is 2. The van der Waals surface area contributed by atoms with Crippen molar-refractivity contribution in [3.8, 4) is 5.75 Å². The number of nitrogens with one attached hydrogen (secondary N) is 1. The SMILES string of the molecule is Cl.NC(CNC(=O)CCc1ccc(OC(F)(F)F)cc1)C1CC1. The predicted molar refractivity (Wildman–Crippen MR) is 82.4 cm³/mol. The number of halogens is 4. The van der Waals surface area contributed by atoms with E-state index in [-0.39, 0.29) is 36.5 Å². The lowest BCUT2D eigenvalue weighted by Gasteiger charge is -2.12. The Balaban J connectivity index is 0.00000264. The molecule has 0 aliphatic heterocycles. The summed E-state index contributed by atoms with van der Waals surface area (Å²) in [5.41, 5.74) is 6.66. The first-order valence-electron chi connectivity index (χ1n) is 7.20. The Morgan fingerprint density at radius 1 is 1.30 bits per heavy atom. The highest BCUT2D eigenvalue weighted by Crippen LogP contribution is 2.31. The molecule has 1 saturated carbocycles. The normalized spacial score (nSPS) is 15.5. The number of amides is 1. The third kappa shape index (κ3) is 7.56. The topological polar surface area (TPSA) is 64.3 Å². The monoisotopic (exact) mass is 352 g/mol. The van der Waals surface area contributed by atoms with Gasteiger partial charge in [-0.25, -0.2) is 0 Å². The van der Waals surface area contributed by atoms with Crippen molar-refractivity contribution in [1.82, 2.24) is 5.32 Å². The van der Waals surface area contributed by atoms with Gasteiger partial charge in [0, 0.05) is 19.0 Å². The summed E-state index contributed by atoms with van der Waals surface area (Å²) in [6.07, 6.45) is -1.71. The molecule has 1 aromatic carbocycles. The van der Waals surface area contributed by atoms with E-state index in [0.717, 1.165) is 18.4 Å². The maximum atomic E-state index is 12.0. The average molecular weight is 353 g/mol. The molecule has 0 spiro atoms. The molecule has 1 atom stereocenters. The Hall–Kier alpha value is -1.47. The van der Waals surface area contributed by atoms with Crippen LogP contribution in [-0.4, -0.2) is 24.9 Å². The molecular formula is C15H20ClF3N2O2. The van der Waals surface area contributed by atoms with Crippen molar-refractivity contribution in [1.29, 1.82) is 0 Å². The summed E-state index contributed by atoms with van der Waals surface area (Å²) in [7, 11) is 0. The quantitative estimate of drug-likeness (QED) is 0.793. The van der Waals surface area contributed by atoms with Crippen molar-refractivity contribution >= 4 is 18.3 Å². The highest BCUT2D eigenvalue weighted by molar-refractivity contribution is 5.85. The lowest BCUT2D eigenvalue weighted by atomic mass is 10.1. The standard InChI is InChI=1S/C15H19F3N2O2.ClH/c16-15(17,18)22-12-6-1-10(2-7-12)3-8-14(21)20-9-13(19)11-4-5-11;/h1-2,6-7,11,13H,3-5,8-9,19H2,(H,20,21);1H. The number of carbonyl (C=O) groups excluding carboxylic acids is 1. The van der Waals surface area contributed by atoms with Crippen LogP contribution in [0.4, 0.5) is 13.2 Å². The second kappa shape index (κ2) is 8.40. The number of hydrogen-bond acceptors (Lipinski definition) is 3. The Labute approximate surface area is 139 Å². The number of aryl methyl sites for hydroxylation is 1. The minimum Gasteiger partial charge on any atom is -0.406 e. The maximum absolute atomic E-state index is 12.0. The smallest absolute Gasteiger partial charge is 0.406 e. The zero-order valence-electron chi connectivity index (χ0n) is 12.4. The van der Waals surface area contributed by atoms with Gasteiger partial charge in [-0.05, 0) is 42.9 Å². The lowest BCUT2D eigenvalue weighted by Crippen LogP contribution is -2.38. The number of nitrogens with two attached hydrogens (primary N) is 1. The minimum absolute atomic E-state index is 0. The predicted octanol–water partition coefficient (Wildman–Crippen LogP) is 2.79. The van der Waals surface area contributed by atoms with Crippen molar-refractivity contribution in [3.63, 3.8) is 0 Å². The number of carbonyl (C=O) groups is 1. The molecule has 1 fully saturated rings. The van der Waals surface area contributed by atoms with Crippen LogP contribution in [-0.2, 0) is 11.2 Å². The van der Waals surface area contributed by atoms with Crippen molar-refractivity contribution in [2.24, 2.45) is 11.7 Å². The van der Waals surface area contributed by atoms with Gasteiger partial charge in [-0.15, -0.1) is 25.6 Å². The fraction of sp³-hybridized carbons (Fsp3) is 0.533. The first-order chi connectivity index (χ1) is 10.3. The van der Waals surface area contributed by atoms with Crippen molar-refractivity contribution in [2.45, 2.75) is 38.1 Å². The summed E-state index contributed by atoms with van der Waals surface area (Å²) >= 11 is 0. The van der Waals surface area contributed by atoms with Crippen LogP contribution in [0, 0.1) is 5.92 Å². The fourth-order valence-electron chi connectivity index (χ4n) is 2.13. The Kier molecular flexibility index (Phi) is 7.15. The Bertz CT molecular complexity index is 504. The van der Waals surface area contributed by atoms with Gasteiger partial charge in [0.1, 0.15) is 5.75 Å². The van der Waals surface area contributed by atoms with Crippen LogP contribution in [0.2, 0.25) is 0 Å². The van der Waals surface area contributed by atoms with Crippen LogP contribution in [0.15, 0.2) is 24.3 Å². The highest BCUT2D eigenvalue weighted by atomic mass is 35.5. The molecule has 2 rings (SSSR count). The van der Waals surface area contributed by atoms with E-state index >= 15 is 0 Å². The van der Waals surface area contributed by atoms with Gasteiger partial charge in [-0.3, -0.25) is 4.79 Å². The minimum atomic E-state index is -4.69. The molecule has 8 heteroatoms. The zero-order valence-corrected chi connectivity index (χ0v) is 13.3. The zero-order chi connectivity index (χ0) is 16.2. The molecule has 1 amide bonds. The summed E-state index contributed by atoms with van der Waals surface area (Å²) in [4.78, 5) is 11.7. The summed E-state index contributed by atoms with van der Waals surface area (Å²) in [6.45, 7) is 0.474. The second-order valence-electron chi connectivity index (χ2n) is 5.50. The molecule has 0 aromatic heterocycles. The Morgan fingerprint density at radius 2 is 1.91 bits per heavy atom. The molecule has 0 saturated heterocycles. The van der Waals surface area contributed by atoms with E-state index in [1.54, 1.807) is 0 Å². The van der Waals surface area contributed by atoms with Gasteiger partial charge in [0.25, 0.3) is 0 Å². The van der Waals surface area contributed by atoms with E-state index in [9.17, 15) is 18.0 Å². The van der Waals surface area contributed by atoms with E-state index in [4.69, 9.17) is 5.73 Å². The molecule has 1 aliphatic carbocycles. The van der Waals surface area contributed by atoms with Crippen LogP contribution in [0.5, 0.6) is 5.75 Å². The molecule has 0 bridgehead atoms. The van der Waals surface area contributed by atoms with Crippen molar-refractivity contribution in [3.05, 3.63) is 29.8 Å². The molecule has 1 unspecified atom stereocenters. The Morgan fingerprint density at radius 3 is 2.43 bits per heavy atom. The van der Waals surface area contributed by atoms with E-state index in [1.165, 1.54) is 24.3 Å². The average Bonchev–Trinajstić information content (AvgIpc) is 3.27. The van der Waals surface area contributed by atoms with Gasteiger partial charge >= 0.3 is 6.36 Å². The van der Waals surface area contributed by atoms with Gasteiger partial charge in [0.2, 0.25) is 5.91 Å². The number of ether oxygens (including phenoxy) is 1. The number of alkyl halides is 3. The summed E-state index contributed by atoms with van der Waals surface area (Å²) in [6, 6.07) is 5.53. The summed E-state index contributed by atoms with van der Waals surface area (Å²) in [5.74, 6) is 0.157. The molecular weight excluding hydrogens is 333 g/mol. The maximum Gasteiger partial charge on any atom is 0.573 e. The van der Waals surface area contributed by atoms with E-state index in [1.807, 2.05) is 0 Å². The van der Waals surface area contributed by atoms with Crippen molar-refractivity contribution in [2.75, 3.05) is 6.54 Å². The number of rotatable bonds is 7.